The molecule has 1 rings (SSSR count). The van der Waals surface area contributed by atoms with Gasteiger partial charge in [0, 0.05) is 23.7 Å². The molecule has 0 saturated carbocycles. The molecule has 1 heterocycles. The van der Waals surface area contributed by atoms with Crippen molar-refractivity contribution < 1.29 is 14.7 Å². The number of carboxylic acids is 1. The highest BCUT2D eigenvalue weighted by atomic mass is 32.2. The lowest BCUT2D eigenvalue weighted by Crippen LogP contribution is -2.14. The van der Waals surface area contributed by atoms with Crippen LogP contribution in [0.25, 0.3) is 0 Å². The Morgan fingerprint density at radius 1 is 1.62 bits per heavy atom. The highest BCUT2D eigenvalue weighted by molar-refractivity contribution is 8.14. The lowest BCUT2D eigenvalue weighted by molar-refractivity contribution is -0.140. The van der Waals surface area contributed by atoms with Crippen LogP contribution >= 0.6 is 23.5 Å². The molecule has 0 bridgehead atoms. The molecule has 0 amide bonds. The number of rotatable bonds is 3. The highest BCUT2D eigenvalue weighted by Crippen LogP contribution is 2.33. The van der Waals surface area contributed by atoms with Gasteiger partial charge >= 0.3 is 5.97 Å². The Morgan fingerprint density at radius 2 is 2.31 bits per heavy atom. The SMILES string of the molecule is CC(=O)SC[C@H]1C[C@H](C(=O)O)CS1. The molecule has 0 aromatic carbocycles. The van der Waals surface area contributed by atoms with Gasteiger partial charge in [0.1, 0.15) is 0 Å². The first kappa shape index (κ1) is 10.9. The van der Waals surface area contributed by atoms with Gasteiger partial charge in [-0.1, -0.05) is 11.8 Å². The number of aliphatic carboxylic acids is 1. The average Bonchev–Trinajstić information content (AvgIpc) is 2.48. The summed E-state index contributed by atoms with van der Waals surface area (Å²) in [7, 11) is 0. The van der Waals surface area contributed by atoms with E-state index in [2.05, 4.69) is 0 Å². The van der Waals surface area contributed by atoms with Crippen LogP contribution < -0.4 is 0 Å². The van der Waals surface area contributed by atoms with Crippen molar-refractivity contribution in [3.63, 3.8) is 0 Å². The van der Waals surface area contributed by atoms with Crippen molar-refractivity contribution in [1.82, 2.24) is 0 Å². The molecular formula is C8H12O3S2. The van der Waals surface area contributed by atoms with Crippen LogP contribution in [0.4, 0.5) is 0 Å². The van der Waals surface area contributed by atoms with Crippen molar-refractivity contribution in [2.45, 2.75) is 18.6 Å². The molecular weight excluding hydrogens is 208 g/mol. The number of hydrogen-bond donors (Lipinski definition) is 1. The molecule has 1 N–H and O–H groups in total. The molecule has 0 spiro atoms. The van der Waals surface area contributed by atoms with Crippen LogP contribution in [0, 0.1) is 5.92 Å². The number of hydrogen-bond acceptors (Lipinski definition) is 4. The monoisotopic (exact) mass is 220 g/mol. The maximum Gasteiger partial charge on any atom is 0.307 e. The predicted octanol–water partition coefficient (Wildman–Crippen LogP) is 1.47. The molecule has 0 unspecified atom stereocenters. The number of carbonyl (C=O) groups is 2. The Bertz CT molecular complexity index is 217. The molecule has 0 aliphatic carbocycles. The van der Waals surface area contributed by atoms with E-state index in [1.165, 1.54) is 11.8 Å². The van der Waals surface area contributed by atoms with Crippen molar-refractivity contribution in [3.05, 3.63) is 0 Å². The van der Waals surface area contributed by atoms with Gasteiger partial charge < -0.3 is 5.11 Å². The first-order valence-electron chi connectivity index (χ1n) is 4.07. The van der Waals surface area contributed by atoms with E-state index in [1.807, 2.05) is 0 Å². The van der Waals surface area contributed by atoms with Gasteiger partial charge in [0.05, 0.1) is 5.92 Å². The van der Waals surface area contributed by atoms with E-state index in [-0.39, 0.29) is 11.0 Å². The average molecular weight is 220 g/mol. The van der Waals surface area contributed by atoms with Crippen molar-refractivity contribution in [1.29, 1.82) is 0 Å². The fraction of sp³-hybridized carbons (Fsp3) is 0.750. The summed E-state index contributed by atoms with van der Waals surface area (Å²) < 4.78 is 0. The van der Waals surface area contributed by atoms with E-state index in [0.717, 1.165) is 5.75 Å². The fourth-order valence-electron chi connectivity index (χ4n) is 1.20. The minimum absolute atomic E-state index is 0.111. The van der Waals surface area contributed by atoms with E-state index < -0.39 is 5.97 Å². The van der Waals surface area contributed by atoms with Gasteiger partial charge in [0.25, 0.3) is 0 Å². The van der Waals surface area contributed by atoms with Gasteiger partial charge in [-0.3, -0.25) is 9.59 Å². The van der Waals surface area contributed by atoms with Crippen molar-refractivity contribution in [2.75, 3.05) is 11.5 Å². The summed E-state index contributed by atoms with van der Waals surface area (Å²) in [6.45, 7) is 1.54. The van der Waals surface area contributed by atoms with Gasteiger partial charge in [0.15, 0.2) is 5.12 Å². The Morgan fingerprint density at radius 3 is 2.77 bits per heavy atom. The summed E-state index contributed by atoms with van der Waals surface area (Å²) in [5, 5.41) is 9.17. The van der Waals surface area contributed by atoms with Crippen LogP contribution in [-0.4, -0.2) is 32.9 Å². The van der Waals surface area contributed by atoms with Crippen LogP contribution in [0.5, 0.6) is 0 Å². The highest BCUT2D eigenvalue weighted by Gasteiger charge is 2.30. The van der Waals surface area contributed by atoms with Crippen LogP contribution in [0.1, 0.15) is 13.3 Å². The Labute approximate surface area is 85.7 Å². The summed E-state index contributed by atoms with van der Waals surface area (Å²) in [5.41, 5.74) is 0. The van der Waals surface area contributed by atoms with Crippen molar-refractivity contribution in [3.8, 4) is 0 Å². The third-order valence-electron chi connectivity index (χ3n) is 1.90. The molecule has 1 aliphatic heterocycles. The zero-order chi connectivity index (χ0) is 9.84. The van der Waals surface area contributed by atoms with Crippen molar-refractivity contribution >= 4 is 34.6 Å². The van der Waals surface area contributed by atoms with E-state index in [0.29, 0.717) is 17.4 Å². The molecule has 1 saturated heterocycles. The molecule has 5 heteroatoms. The minimum Gasteiger partial charge on any atom is -0.481 e. The van der Waals surface area contributed by atoms with E-state index in [1.54, 1.807) is 18.7 Å². The Hall–Kier alpha value is -0.160. The van der Waals surface area contributed by atoms with Crippen LogP contribution in [0.2, 0.25) is 0 Å². The molecule has 13 heavy (non-hydrogen) atoms. The number of carbonyl (C=O) groups excluding carboxylic acids is 1. The summed E-state index contributed by atoms with van der Waals surface area (Å²) in [4.78, 5) is 21.3. The van der Waals surface area contributed by atoms with E-state index >= 15 is 0 Å². The van der Waals surface area contributed by atoms with Gasteiger partial charge in [0.2, 0.25) is 0 Å². The summed E-state index contributed by atoms with van der Waals surface area (Å²) in [5.74, 6) is 0.535. The first-order chi connectivity index (χ1) is 6.09. The second-order valence-electron chi connectivity index (χ2n) is 3.03. The smallest absolute Gasteiger partial charge is 0.307 e. The Balaban J connectivity index is 2.25. The third-order valence-corrected chi connectivity index (χ3v) is 4.51. The topological polar surface area (TPSA) is 54.4 Å². The molecule has 1 aliphatic rings. The predicted molar refractivity (Wildman–Crippen MR) is 55.1 cm³/mol. The molecule has 0 radical (unpaired) electrons. The van der Waals surface area contributed by atoms with Crippen LogP contribution in [0.15, 0.2) is 0 Å². The maximum absolute atomic E-state index is 10.7. The second-order valence-corrected chi connectivity index (χ2v) is 5.56. The lowest BCUT2D eigenvalue weighted by Gasteiger charge is -2.05. The number of thioether (sulfide) groups is 2. The molecule has 2 atom stereocenters. The van der Waals surface area contributed by atoms with Gasteiger partial charge in [-0.05, 0) is 6.42 Å². The first-order valence-corrected chi connectivity index (χ1v) is 6.11. The minimum atomic E-state index is -0.706. The van der Waals surface area contributed by atoms with E-state index in [9.17, 15) is 9.59 Å². The summed E-state index contributed by atoms with van der Waals surface area (Å²) >= 11 is 2.96. The second kappa shape index (κ2) is 4.91. The number of carboxylic acid groups (broad SMARTS) is 1. The molecule has 0 aromatic heterocycles. The Kier molecular flexibility index (Phi) is 4.12. The molecule has 3 nitrogen and oxygen atoms in total. The zero-order valence-corrected chi connectivity index (χ0v) is 8.99. The normalized spacial score (nSPS) is 27.5. The van der Waals surface area contributed by atoms with Crippen LogP contribution in [-0.2, 0) is 9.59 Å². The third kappa shape index (κ3) is 3.60. The van der Waals surface area contributed by atoms with Gasteiger partial charge in [-0.2, -0.15) is 11.8 Å². The molecule has 1 fully saturated rings. The molecule has 0 aromatic rings. The zero-order valence-electron chi connectivity index (χ0n) is 7.36. The standard InChI is InChI=1S/C8H12O3S2/c1-5(9)12-4-7-2-6(3-13-7)8(10)11/h6-7H,2-4H2,1H3,(H,10,11)/t6-,7+/m0/s1. The molecule has 74 valence electrons. The van der Waals surface area contributed by atoms with Crippen molar-refractivity contribution in [2.24, 2.45) is 5.92 Å². The summed E-state index contributed by atoms with van der Waals surface area (Å²) in [6.07, 6.45) is 0.709. The van der Waals surface area contributed by atoms with Gasteiger partial charge in [-0.25, -0.2) is 0 Å². The lowest BCUT2D eigenvalue weighted by atomic mass is 10.1. The fourth-order valence-corrected chi connectivity index (χ4v) is 3.50. The largest absolute Gasteiger partial charge is 0.481 e. The van der Waals surface area contributed by atoms with Gasteiger partial charge in [-0.15, -0.1) is 0 Å². The maximum atomic E-state index is 10.7. The summed E-state index contributed by atoms with van der Waals surface area (Å²) in [6, 6.07) is 0. The quantitative estimate of drug-likeness (QED) is 0.780. The van der Waals surface area contributed by atoms with Crippen LogP contribution in [0.3, 0.4) is 0 Å². The van der Waals surface area contributed by atoms with E-state index in [4.69, 9.17) is 5.11 Å².